The highest BCUT2D eigenvalue weighted by Crippen LogP contribution is 2.42. The zero-order chi connectivity index (χ0) is 39.1. The number of furan rings is 1. The number of hydrogen-bond acceptors (Lipinski definition) is 2. The number of rotatable bonds is 5. The maximum Gasteiger partial charge on any atom is 0.143 e. The van der Waals surface area contributed by atoms with Gasteiger partial charge in [-0.3, -0.25) is 0 Å². The van der Waals surface area contributed by atoms with Crippen molar-refractivity contribution in [2.45, 2.75) is 0 Å². The summed E-state index contributed by atoms with van der Waals surface area (Å²) >= 11 is 0. The van der Waals surface area contributed by atoms with Crippen LogP contribution in [0.4, 0.5) is 17.1 Å². The van der Waals surface area contributed by atoms with Gasteiger partial charge in [0.15, 0.2) is 0 Å². The van der Waals surface area contributed by atoms with E-state index < -0.39 is 0 Å². The van der Waals surface area contributed by atoms with Crippen molar-refractivity contribution >= 4 is 82.1 Å². The molecule has 1 heterocycles. The summed E-state index contributed by atoms with van der Waals surface area (Å²) in [5.41, 5.74) is 5.92. The van der Waals surface area contributed by atoms with E-state index in [-0.39, 0.29) is 35.4 Å². The Morgan fingerprint density at radius 1 is 0.352 bits per heavy atom. The van der Waals surface area contributed by atoms with Gasteiger partial charge in [-0.2, -0.15) is 0 Å². The summed E-state index contributed by atoms with van der Waals surface area (Å²) in [5.74, 6) is 0. The Labute approximate surface area is 318 Å². The Balaban J connectivity index is 1.16. The topological polar surface area (TPSA) is 16.4 Å². The molecule has 1 aromatic heterocycles. The summed E-state index contributed by atoms with van der Waals surface area (Å²) in [6.07, 6.45) is 0. The zero-order valence-corrected chi connectivity index (χ0v) is 29.1. The van der Waals surface area contributed by atoms with Crippen LogP contribution in [0.15, 0.2) is 205 Å². The van der Waals surface area contributed by atoms with Crippen LogP contribution in [0.25, 0.3) is 87.3 Å². The van der Waals surface area contributed by atoms with Crippen molar-refractivity contribution in [2.75, 3.05) is 4.90 Å². The lowest BCUT2D eigenvalue weighted by atomic mass is 9.94. The molecule has 0 atom stereocenters. The first-order chi connectivity index (χ1) is 28.4. The number of para-hydroxylation sites is 2. The molecular weight excluding hydrogens is 655 g/mol. The predicted molar refractivity (Wildman–Crippen MR) is 229 cm³/mol. The summed E-state index contributed by atoms with van der Waals surface area (Å²) in [4.78, 5) is 1.88. The third-order valence-electron chi connectivity index (χ3n) is 10.7. The second-order valence-electron chi connectivity index (χ2n) is 13.8. The smallest absolute Gasteiger partial charge is 0.143 e. The Hall–Kier alpha value is -7.16. The second kappa shape index (κ2) is 12.2. The van der Waals surface area contributed by atoms with E-state index in [9.17, 15) is 5.48 Å². The van der Waals surface area contributed by atoms with Crippen LogP contribution in [0.2, 0.25) is 0 Å². The molecule has 10 aromatic carbocycles. The minimum absolute atomic E-state index is 0.101. The molecule has 0 bridgehead atoms. The van der Waals surface area contributed by atoms with Gasteiger partial charge in [0.1, 0.15) is 11.2 Å². The van der Waals surface area contributed by atoms with Crippen molar-refractivity contribution in [3.05, 3.63) is 200 Å². The fourth-order valence-electron chi connectivity index (χ4n) is 8.13. The second-order valence-corrected chi connectivity index (χ2v) is 13.8. The summed E-state index contributed by atoms with van der Waals surface area (Å²) in [7, 11) is 0. The first kappa shape index (κ1) is 26.6. The summed E-state index contributed by atoms with van der Waals surface area (Å²) in [6.45, 7) is 0. The minimum Gasteiger partial charge on any atom is -0.455 e. The quantitative estimate of drug-likeness (QED) is 0.167. The van der Waals surface area contributed by atoms with Crippen LogP contribution < -0.4 is 4.90 Å². The van der Waals surface area contributed by atoms with E-state index in [1.165, 1.54) is 0 Å². The summed E-state index contributed by atoms with van der Waals surface area (Å²) < 4.78 is 45.1. The third kappa shape index (κ3) is 4.88. The van der Waals surface area contributed by atoms with Gasteiger partial charge < -0.3 is 9.32 Å². The molecule has 0 spiro atoms. The lowest BCUT2D eigenvalue weighted by Gasteiger charge is -2.27. The Kier molecular flexibility index (Phi) is 6.02. The molecule has 0 saturated carbocycles. The van der Waals surface area contributed by atoms with Crippen LogP contribution in [0.3, 0.4) is 0 Å². The SMILES string of the molecule is [2H]c1c([2H])c(N(c2cccc(-c3cccc4c3oc3ccccc34)c2)c2ccc3ccc4ccccc4c3c2)c([2H])c([2H])c1-c1cccc2c1ccc1ccccc12. The molecule has 0 N–H and O–H groups in total. The van der Waals surface area contributed by atoms with Gasteiger partial charge in [0.05, 0.1) is 5.48 Å². The molecule has 11 aromatic rings. The fraction of sp³-hybridized carbons (Fsp3) is 0. The van der Waals surface area contributed by atoms with Crippen molar-refractivity contribution < 1.29 is 9.90 Å². The van der Waals surface area contributed by atoms with E-state index >= 15 is 0 Å². The number of fused-ring (bicyclic) bond motifs is 9. The predicted octanol–water partition coefficient (Wildman–Crippen LogP) is 15.0. The minimum atomic E-state index is -0.128. The fourth-order valence-corrected chi connectivity index (χ4v) is 8.13. The van der Waals surface area contributed by atoms with Crippen LogP contribution in [0, 0.1) is 0 Å². The van der Waals surface area contributed by atoms with Gasteiger partial charge in [0.25, 0.3) is 0 Å². The summed E-state index contributed by atoms with van der Waals surface area (Å²) in [5, 5.41) is 10.4. The number of benzene rings is 10. The van der Waals surface area contributed by atoms with Gasteiger partial charge in [-0.15, -0.1) is 0 Å². The first-order valence-corrected chi connectivity index (χ1v) is 18.2. The van der Waals surface area contributed by atoms with Crippen molar-refractivity contribution in [2.24, 2.45) is 0 Å². The Morgan fingerprint density at radius 2 is 0.944 bits per heavy atom. The lowest BCUT2D eigenvalue weighted by molar-refractivity contribution is 0.670. The molecule has 54 heavy (non-hydrogen) atoms. The van der Waals surface area contributed by atoms with Crippen molar-refractivity contribution in [3.8, 4) is 22.3 Å². The molecule has 0 saturated heterocycles. The maximum atomic E-state index is 9.73. The van der Waals surface area contributed by atoms with Crippen LogP contribution in [-0.4, -0.2) is 0 Å². The highest BCUT2D eigenvalue weighted by molar-refractivity contribution is 6.13. The molecule has 0 aliphatic heterocycles. The summed E-state index contributed by atoms with van der Waals surface area (Å²) in [6, 6.07) is 58.5. The highest BCUT2D eigenvalue weighted by Gasteiger charge is 2.18. The lowest BCUT2D eigenvalue weighted by Crippen LogP contribution is -2.10. The maximum absolute atomic E-state index is 9.73. The normalized spacial score (nSPS) is 12.7. The van der Waals surface area contributed by atoms with E-state index in [1.807, 2.05) is 108 Å². The van der Waals surface area contributed by atoms with Gasteiger partial charge in [-0.1, -0.05) is 158 Å². The standard InChI is InChI=1S/C52H33NO/c1-3-14-42-35(11-1)27-31-47-43(17-8-19-46(42)47)36-24-28-39(29-25-36)53(41-30-26-37-23-22-34-10-2-4-15-44(34)50(37)33-41)40-13-7-12-38(32-40)45-18-9-20-49-48-16-5-6-21-51(48)54-52(45)49/h1-33H/i24D,25D,28D,29D. The number of anilines is 3. The molecule has 0 amide bonds. The Morgan fingerprint density at radius 3 is 1.76 bits per heavy atom. The molecule has 252 valence electrons. The van der Waals surface area contributed by atoms with Crippen LogP contribution in [0.1, 0.15) is 5.48 Å². The molecule has 2 nitrogen and oxygen atoms in total. The molecule has 0 fully saturated rings. The third-order valence-corrected chi connectivity index (χ3v) is 10.7. The van der Waals surface area contributed by atoms with Crippen molar-refractivity contribution in [3.63, 3.8) is 0 Å². The molecule has 0 radical (unpaired) electrons. The monoisotopic (exact) mass is 691 g/mol. The molecule has 0 aliphatic carbocycles. The van der Waals surface area contributed by atoms with Gasteiger partial charge in [0, 0.05) is 33.4 Å². The molecular formula is C52H33NO. The van der Waals surface area contributed by atoms with E-state index in [2.05, 4.69) is 72.8 Å². The van der Waals surface area contributed by atoms with Crippen LogP contribution >= 0.6 is 0 Å². The molecule has 0 aliphatic rings. The molecule has 2 heteroatoms. The van der Waals surface area contributed by atoms with E-state index in [4.69, 9.17) is 4.42 Å². The van der Waals surface area contributed by atoms with Crippen molar-refractivity contribution in [1.29, 1.82) is 0 Å². The first-order valence-electron chi connectivity index (χ1n) is 20.2. The number of hydrogen-bond donors (Lipinski definition) is 0. The van der Waals surface area contributed by atoms with Gasteiger partial charge in [-0.05, 0) is 102 Å². The van der Waals surface area contributed by atoms with Crippen molar-refractivity contribution in [1.82, 2.24) is 0 Å². The van der Waals surface area contributed by atoms with E-state index in [1.54, 1.807) is 0 Å². The van der Waals surface area contributed by atoms with Crippen LogP contribution in [0.5, 0.6) is 0 Å². The average Bonchev–Trinajstić information content (AvgIpc) is 3.66. The average molecular weight is 692 g/mol. The van der Waals surface area contributed by atoms with Gasteiger partial charge >= 0.3 is 0 Å². The molecule has 0 unspecified atom stereocenters. The number of nitrogens with zero attached hydrogens (tertiary/aromatic N) is 1. The van der Waals surface area contributed by atoms with Gasteiger partial charge in [-0.25, -0.2) is 0 Å². The highest BCUT2D eigenvalue weighted by atomic mass is 16.3. The van der Waals surface area contributed by atoms with E-state index in [0.29, 0.717) is 16.9 Å². The van der Waals surface area contributed by atoms with Crippen LogP contribution in [-0.2, 0) is 0 Å². The van der Waals surface area contributed by atoms with Gasteiger partial charge in [0.2, 0.25) is 0 Å². The van der Waals surface area contributed by atoms with E-state index in [0.717, 1.165) is 76.2 Å². The zero-order valence-electron chi connectivity index (χ0n) is 33.1. The molecule has 11 rings (SSSR count). The largest absolute Gasteiger partial charge is 0.455 e. The Bertz CT molecular complexity index is 3450.